The zero-order valence-electron chi connectivity index (χ0n) is 49.8. The van der Waals surface area contributed by atoms with Gasteiger partial charge < -0.3 is 84.0 Å². The van der Waals surface area contributed by atoms with Crippen LogP contribution >= 0.6 is 0 Å². The number of aliphatic hydroxyl groups is 1. The average molecular weight is 1210 g/mol. The van der Waals surface area contributed by atoms with Crippen molar-refractivity contribution in [1.82, 2.24) is 73.0 Å². The number of rotatable bonds is 32. The van der Waals surface area contributed by atoms with Gasteiger partial charge >= 0.3 is 0 Å². The summed E-state index contributed by atoms with van der Waals surface area (Å²) in [5, 5.41) is 56.1. The summed E-state index contributed by atoms with van der Waals surface area (Å²) in [4.78, 5) is 151. The van der Waals surface area contributed by atoms with Crippen molar-refractivity contribution in [2.75, 3.05) is 26.2 Å². The molecule has 0 aliphatic carbocycles. The standard InChI is InChI=1S/C59H84N16O12/c1-6-63-57(86)48-14-10-22-75(48)58(87)41(13-9-21-64-59(60)61)68-51(80)42(23-32(2)3)69-52(81)43(24-33(4)5)70-53(82)44(25-34-15-17-37(77)18-16-34)71-56(85)47(30-76)74-54(83)45(26-35-28-65-39-12-8-7-11-38(35)39)72-55(84)46(27-36-29-62-31-66-36)73-50(79)40-19-20-49(78)67-40/h7-8,11-12,15-18,28-29,31-33,40-48,65,76-77H,6,9-10,13-14,19-27,30H2,1-5H3,(H,62,66)(H,63,86)(H,67,78)(H,68,80)(H,69,81)(H,70,82)(H,71,85)(H,72,84)(H,73,79)(H,74,83)(H4,60,61,64)/t40-,41?,42-,43+,44-,45-,46?,47?,48?/m0/s1. The van der Waals surface area contributed by atoms with Gasteiger partial charge in [0.05, 0.1) is 18.6 Å². The molecule has 87 heavy (non-hydrogen) atoms. The number of likely N-dealkylation sites (tertiary alicyclic amines) is 1. The summed E-state index contributed by atoms with van der Waals surface area (Å²) in [6.45, 7) is 8.87. The number of aliphatic hydroxyl groups excluding tert-OH is 1. The average Bonchev–Trinajstić information content (AvgIpc) is 2.39. The highest BCUT2D eigenvalue weighted by atomic mass is 16.3. The van der Waals surface area contributed by atoms with Crippen LogP contribution < -0.4 is 58.9 Å². The van der Waals surface area contributed by atoms with Gasteiger partial charge in [0.2, 0.25) is 59.1 Å². The minimum Gasteiger partial charge on any atom is -0.508 e. The predicted molar refractivity (Wildman–Crippen MR) is 319 cm³/mol. The Bertz CT molecular complexity index is 3040. The smallest absolute Gasteiger partial charge is 0.245 e. The molecule has 2 aromatic heterocycles. The molecule has 0 spiro atoms. The van der Waals surface area contributed by atoms with E-state index in [-0.39, 0.29) is 99.8 Å². The van der Waals surface area contributed by atoms with Crippen LogP contribution in [0.2, 0.25) is 0 Å². The molecule has 2 aliphatic heterocycles. The highest BCUT2D eigenvalue weighted by Crippen LogP contribution is 2.22. The number of phenolic OH excluding ortho intramolecular Hbond substituents is 1. The van der Waals surface area contributed by atoms with Crippen LogP contribution in [0.4, 0.5) is 0 Å². The van der Waals surface area contributed by atoms with Gasteiger partial charge in [-0.1, -0.05) is 58.0 Å². The summed E-state index contributed by atoms with van der Waals surface area (Å²) in [7, 11) is 0. The number of carbonyl (C=O) groups is 10. The molecule has 6 rings (SSSR count). The zero-order valence-corrected chi connectivity index (χ0v) is 49.8. The molecule has 0 radical (unpaired) electrons. The summed E-state index contributed by atoms with van der Waals surface area (Å²) in [6, 6.07) is 1.54. The Morgan fingerprint density at radius 1 is 0.701 bits per heavy atom. The van der Waals surface area contributed by atoms with Gasteiger partial charge in [0.25, 0.3) is 0 Å². The largest absolute Gasteiger partial charge is 0.508 e. The Kier molecular flexibility index (Phi) is 25.0. The minimum absolute atomic E-state index is 0.0378. The van der Waals surface area contributed by atoms with Gasteiger partial charge in [-0.2, -0.15) is 0 Å². The monoisotopic (exact) mass is 1210 g/mol. The van der Waals surface area contributed by atoms with Crippen molar-refractivity contribution >= 4 is 75.9 Å². The van der Waals surface area contributed by atoms with E-state index in [4.69, 9.17) is 11.1 Å². The zero-order chi connectivity index (χ0) is 63.3. The molecule has 4 unspecified atom stereocenters. The van der Waals surface area contributed by atoms with Crippen molar-refractivity contribution in [3.63, 3.8) is 0 Å². The minimum atomic E-state index is -1.75. The molecule has 2 fully saturated rings. The molecule has 2 aromatic carbocycles. The van der Waals surface area contributed by atoms with E-state index in [0.717, 1.165) is 5.52 Å². The highest BCUT2D eigenvalue weighted by Gasteiger charge is 2.40. The number of nitrogens with two attached hydrogens (primary N) is 1. The number of likely N-dealkylation sites (N-methyl/N-ethyl adjacent to an activating group) is 1. The normalized spacial score (nSPS) is 17.1. The SMILES string of the molecule is CCNC(=O)C1CCCN1C(=O)C(CCCNC(=N)N)NC(=O)[C@H](CC(C)C)NC(=O)[C@@H](CC(C)C)NC(=O)[C@H](Cc1ccc(O)cc1)NC(=O)C(CO)NC(=O)[C@H](Cc1c[nH]c2ccccc12)NC(=O)C(Cc1c[nH]cn1)NC(=O)[C@@H]1CCC(=O)N1. The van der Waals surface area contributed by atoms with E-state index in [1.807, 2.05) is 19.9 Å². The van der Waals surface area contributed by atoms with Gasteiger partial charge in [-0.05, 0) is 93.0 Å². The van der Waals surface area contributed by atoms with Gasteiger partial charge in [-0.25, -0.2) is 4.98 Å². The third-order valence-corrected chi connectivity index (χ3v) is 14.9. The van der Waals surface area contributed by atoms with Crippen LogP contribution in [0.25, 0.3) is 10.9 Å². The molecule has 4 heterocycles. The molecule has 17 N–H and O–H groups in total. The maximum atomic E-state index is 14.7. The number of carbonyl (C=O) groups excluding carboxylic acids is 10. The maximum Gasteiger partial charge on any atom is 0.245 e. The number of guanidine groups is 1. The van der Waals surface area contributed by atoms with Crippen molar-refractivity contribution in [1.29, 1.82) is 5.41 Å². The predicted octanol–water partition coefficient (Wildman–Crippen LogP) is -1.23. The van der Waals surface area contributed by atoms with Crippen molar-refractivity contribution < 1.29 is 58.2 Å². The van der Waals surface area contributed by atoms with Crippen molar-refractivity contribution in [3.8, 4) is 5.75 Å². The molecule has 2 saturated heterocycles. The maximum absolute atomic E-state index is 14.7. The molecule has 28 heteroatoms. The Hall–Kier alpha value is -9.08. The van der Waals surface area contributed by atoms with Crippen molar-refractivity contribution in [2.45, 2.75) is 160 Å². The van der Waals surface area contributed by atoms with Gasteiger partial charge in [-0.15, -0.1) is 0 Å². The number of hydrogen-bond donors (Lipinski definition) is 16. The number of nitrogens with one attached hydrogen (secondary N) is 13. The quantitative estimate of drug-likeness (QED) is 0.0155. The van der Waals surface area contributed by atoms with E-state index >= 15 is 0 Å². The van der Waals surface area contributed by atoms with E-state index < -0.39 is 108 Å². The fraction of sp³-hybridized carbons (Fsp3) is 0.525. The number of aromatic hydroxyl groups is 1. The highest BCUT2D eigenvalue weighted by molar-refractivity contribution is 5.99. The number of para-hydroxylation sites is 1. The number of H-pyrrole nitrogens is 2. The van der Waals surface area contributed by atoms with Crippen LogP contribution in [0.3, 0.4) is 0 Å². The first kappa shape index (κ1) is 67.1. The Labute approximate surface area is 504 Å². The molecule has 4 aromatic rings. The topological polar surface area (TPSA) is 429 Å². The third kappa shape index (κ3) is 20.0. The summed E-state index contributed by atoms with van der Waals surface area (Å²) in [6.07, 6.45) is 5.85. The van der Waals surface area contributed by atoms with E-state index in [1.54, 1.807) is 45.2 Å². The number of imidazole rings is 1. The lowest BCUT2D eigenvalue weighted by Gasteiger charge is -2.31. The number of hydrogen-bond acceptors (Lipinski definition) is 14. The van der Waals surface area contributed by atoms with Crippen LogP contribution in [0.1, 0.15) is 103 Å². The number of amides is 10. The molecular weight excluding hydrogens is 1120 g/mol. The Balaban J connectivity index is 1.22. The van der Waals surface area contributed by atoms with Crippen LogP contribution in [0, 0.1) is 17.2 Å². The Morgan fingerprint density at radius 3 is 1.85 bits per heavy atom. The molecule has 0 saturated carbocycles. The lowest BCUT2D eigenvalue weighted by Crippen LogP contribution is -2.61. The second-order valence-electron chi connectivity index (χ2n) is 22.8. The molecule has 0 bridgehead atoms. The summed E-state index contributed by atoms with van der Waals surface area (Å²) >= 11 is 0. The number of phenols is 1. The van der Waals surface area contributed by atoms with Gasteiger partial charge in [-0.3, -0.25) is 53.4 Å². The number of aromatic nitrogens is 3. The van der Waals surface area contributed by atoms with E-state index in [1.165, 1.54) is 41.7 Å². The van der Waals surface area contributed by atoms with Crippen LogP contribution in [-0.4, -0.2) is 176 Å². The van der Waals surface area contributed by atoms with E-state index in [0.29, 0.717) is 48.0 Å². The first-order valence-corrected chi connectivity index (χ1v) is 29.5. The lowest BCUT2D eigenvalue weighted by molar-refractivity contribution is -0.142. The number of nitrogens with zero attached hydrogens (tertiary/aromatic N) is 2. The third-order valence-electron chi connectivity index (χ3n) is 14.9. The number of fused-ring (bicyclic) bond motifs is 1. The van der Waals surface area contributed by atoms with Crippen molar-refractivity contribution in [2.24, 2.45) is 17.6 Å². The van der Waals surface area contributed by atoms with Gasteiger partial charge in [0.15, 0.2) is 5.96 Å². The van der Waals surface area contributed by atoms with Gasteiger partial charge in [0.1, 0.15) is 60.1 Å². The molecule has 472 valence electrons. The molecule has 28 nitrogen and oxygen atoms in total. The van der Waals surface area contributed by atoms with Crippen LogP contribution in [0.5, 0.6) is 5.75 Å². The second-order valence-corrected chi connectivity index (χ2v) is 22.8. The fourth-order valence-electron chi connectivity index (χ4n) is 10.5. The molecule has 10 amide bonds. The van der Waals surface area contributed by atoms with E-state index in [9.17, 15) is 58.2 Å². The van der Waals surface area contributed by atoms with Crippen LogP contribution in [-0.2, 0) is 67.2 Å². The summed E-state index contributed by atoms with van der Waals surface area (Å²) in [5.74, 6) is -7.71. The number of benzene rings is 2. The Morgan fingerprint density at radius 2 is 1.28 bits per heavy atom. The first-order chi connectivity index (χ1) is 41.5. The molecular formula is C59H84N16O12. The number of aromatic amines is 2. The van der Waals surface area contributed by atoms with Crippen LogP contribution in [0.15, 0.2) is 67.3 Å². The lowest BCUT2D eigenvalue weighted by atomic mass is 9.98. The van der Waals surface area contributed by atoms with Crippen molar-refractivity contribution in [3.05, 3.63) is 84.1 Å². The first-order valence-electron chi connectivity index (χ1n) is 29.5. The van der Waals surface area contributed by atoms with E-state index in [2.05, 4.69) is 68.1 Å². The molecule has 9 atom stereocenters. The molecule has 2 aliphatic rings. The fourth-order valence-corrected chi connectivity index (χ4v) is 10.5. The van der Waals surface area contributed by atoms with Gasteiger partial charge in [0, 0.05) is 68.6 Å². The summed E-state index contributed by atoms with van der Waals surface area (Å²) in [5.41, 5.74) is 7.62. The summed E-state index contributed by atoms with van der Waals surface area (Å²) < 4.78 is 0. The second kappa shape index (κ2) is 32.4.